The Morgan fingerprint density at radius 3 is 2.17 bits per heavy atom. The van der Waals surface area contributed by atoms with E-state index in [0.29, 0.717) is 38.6 Å². The maximum absolute atomic E-state index is 14.4. The zero-order valence-corrected chi connectivity index (χ0v) is 29.2. The molecule has 46 heavy (non-hydrogen) atoms. The van der Waals surface area contributed by atoms with Crippen LogP contribution in [0.5, 0.6) is 0 Å². The number of urea groups is 1. The molecule has 1 unspecified atom stereocenters. The summed E-state index contributed by atoms with van der Waals surface area (Å²) in [5.74, 6) is -1.15. The quantitative estimate of drug-likeness (QED) is 0.224. The molecule has 2 saturated heterocycles. The number of carbonyl (C=O) groups excluding carboxylic acids is 4. The summed E-state index contributed by atoms with van der Waals surface area (Å²) in [6.07, 6.45) is 5.69. The van der Waals surface area contributed by atoms with E-state index in [0.717, 1.165) is 32.1 Å². The highest BCUT2D eigenvalue weighted by Gasteiger charge is 2.70. The van der Waals surface area contributed by atoms with Crippen molar-refractivity contribution in [2.75, 3.05) is 12.3 Å². The van der Waals surface area contributed by atoms with E-state index in [1.807, 2.05) is 27.7 Å². The number of likely N-dealkylation sites (tertiary alicyclic amines) is 1. The zero-order valence-electron chi connectivity index (χ0n) is 28.4. The maximum atomic E-state index is 14.4. The fourth-order valence-electron chi connectivity index (χ4n) is 8.36. The van der Waals surface area contributed by atoms with Crippen molar-refractivity contribution in [2.24, 2.45) is 22.7 Å². The fraction of sp³-hybridized carbons (Fsp3) is 0.879. The Bertz CT molecular complexity index is 1320. The lowest BCUT2D eigenvalue weighted by Crippen LogP contribution is -2.67. The van der Waals surface area contributed by atoms with Gasteiger partial charge in [0, 0.05) is 12.6 Å². The molecule has 0 bridgehead atoms. The average molecular weight is 666 g/mol. The van der Waals surface area contributed by atoms with Crippen LogP contribution in [0.15, 0.2) is 0 Å². The number of nitrogens with zero attached hydrogens (tertiary/aromatic N) is 1. The first-order valence-electron chi connectivity index (χ1n) is 17.3. The van der Waals surface area contributed by atoms with Gasteiger partial charge in [-0.15, -0.1) is 0 Å². The molecule has 5 fully saturated rings. The predicted octanol–water partition coefficient (Wildman–Crippen LogP) is 2.00. The number of fused-ring (bicyclic) bond motifs is 1. The molecule has 0 aromatic heterocycles. The smallest absolute Gasteiger partial charge is 0.315 e. The number of hydrogen-bond acceptors (Lipinski definition) is 7. The first kappa shape index (κ1) is 34.9. The van der Waals surface area contributed by atoms with Gasteiger partial charge < -0.3 is 31.3 Å². The lowest BCUT2D eigenvalue weighted by atomic mass is 9.78. The van der Waals surface area contributed by atoms with Crippen molar-refractivity contribution < 1.29 is 32.7 Å². The number of hydrogen-bond donors (Lipinski definition) is 5. The Balaban J connectivity index is 1.33. The Morgan fingerprint density at radius 2 is 1.65 bits per heavy atom. The first-order chi connectivity index (χ1) is 21.4. The Kier molecular flexibility index (Phi) is 9.53. The molecule has 5 aliphatic rings. The van der Waals surface area contributed by atoms with Gasteiger partial charge in [-0.25, -0.2) is 13.2 Å². The Morgan fingerprint density at radius 1 is 1.00 bits per heavy atom. The van der Waals surface area contributed by atoms with Gasteiger partial charge in [0.15, 0.2) is 15.9 Å². The first-order valence-corrected chi connectivity index (χ1v) is 19.0. The largest absolute Gasteiger partial charge is 0.381 e. The van der Waals surface area contributed by atoms with Gasteiger partial charge in [0.2, 0.25) is 11.8 Å². The van der Waals surface area contributed by atoms with Gasteiger partial charge in [0.25, 0.3) is 5.91 Å². The second-order valence-electron chi connectivity index (χ2n) is 16.3. The lowest BCUT2D eigenvalue weighted by molar-refractivity contribution is -0.144. The van der Waals surface area contributed by atoms with Gasteiger partial charge in [-0.1, -0.05) is 67.2 Å². The van der Waals surface area contributed by atoms with Crippen molar-refractivity contribution in [3.05, 3.63) is 0 Å². The standard InChI is InChI=1S/C33H55N5O7S/c1-7-11-21(25(39)28(41)34-19-12-13-19)35-27(40)24-23-20(32(23,5)6)18-38(24)29(42)26(31(2,3)4)36-30(43)37-33(15-9-8-10-16-33)22-14-17-46(22,44)45/h19-26,39H,7-18H2,1-6H3,(H,34,41)(H,35,40)(H2,36,37,43)/t20-,21-,22-,23-,24-,25?,26+/m0/s1. The van der Waals surface area contributed by atoms with Crippen LogP contribution < -0.4 is 21.3 Å². The summed E-state index contributed by atoms with van der Waals surface area (Å²) in [6.45, 7) is 12.0. The number of sulfone groups is 1. The predicted molar refractivity (Wildman–Crippen MR) is 173 cm³/mol. The van der Waals surface area contributed by atoms with E-state index >= 15 is 0 Å². The second kappa shape index (κ2) is 12.6. The summed E-state index contributed by atoms with van der Waals surface area (Å²) < 4.78 is 25.4. The number of aliphatic hydroxyl groups excluding tert-OH is 1. The van der Waals surface area contributed by atoms with Crippen LogP contribution in [0.3, 0.4) is 0 Å². The molecule has 13 heteroatoms. The Labute approximate surface area is 273 Å². The third-order valence-corrected chi connectivity index (χ3v) is 13.8. The van der Waals surface area contributed by atoms with Gasteiger partial charge in [-0.05, 0) is 61.2 Å². The van der Waals surface area contributed by atoms with Gasteiger partial charge in [0.1, 0.15) is 12.1 Å². The van der Waals surface area contributed by atoms with Gasteiger partial charge in [-0.2, -0.15) is 0 Å². The summed E-state index contributed by atoms with van der Waals surface area (Å²) in [5, 5.41) is 21.9. The number of nitrogens with one attached hydrogen (secondary N) is 4. The number of carbonyl (C=O) groups is 4. The van der Waals surface area contributed by atoms with Crippen LogP contribution >= 0.6 is 0 Å². The molecule has 5 rings (SSSR count). The molecule has 2 aliphatic heterocycles. The molecular weight excluding hydrogens is 610 g/mol. The minimum absolute atomic E-state index is 0.0706. The molecule has 2 heterocycles. The van der Waals surface area contributed by atoms with Crippen molar-refractivity contribution in [3.63, 3.8) is 0 Å². The number of piperidine rings is 1. The van der Waals surface area contributed by atoms with Crippen LogP contribution in [0.2, 0.25) is 0 Å². The normalized spacial score (nSPS) is 30.9. The monoisotopic (exact) mass is 665 g/mol. The molecule has 5 N–H and O–H groups in total. The summed E-state index contributed by atoms with van der Waals surface area (Å²) >= 11 is 0. The molecule has 7 atom stereocenters. The summed E-state index contributed by atoms with van der Waals surface area (Å²) in [7, 11) is -3.28. The number of amides is 5. The summed E-state index contributed by atoms with van der Waals surface area (Å²) in [5.41, 5.74) is -1.74. The van der Waals surface area contributed by atoms with E-state index in [2.05, 4.69) is 35.1 Å². The highest BCUT2D eigenvalue weighted by molar-refractivity contribution is 7.93. The molecule has 3 saturated carbocycles. The summed E-state index contributed by atoms with van der Waals surface area (Å²) in [4.78, 5) is 56.3. The van der Waals surface area contributed by atoms with Crippen LogP contribution in [0, 0.1) is 22.7 Å². The molecule has 0 aromatic rings. The fourth-order valence-corrected chi connectivity index (χ4v) is 10.2. The van der Waals surface area contributed by atoms with Gasteiger partial charge in [-0.3, -0.25) is 14.4 Å². The molecule has 0 aromatic carbocycles. The molecule has 260 valence electrons. The van der Waals surface area contributed by atoms with Crippen LogP contribution in [0.4, 0.5) is 4.79 Å². The molecule has 3 aliphatic carbocycles. The minimum atomic E-state index is -3.28. The SMILES string of the molecule is CCC[C@H](NC(=O)[C@@H]1[C@@H]2[C@H](CN1C(=O)[C@@H](NC(=O)NC1([C@@H]3CCS3(=O)=O)CCCCC1)C(C)(C)C)C2(C)C)C(O)C(=O)NC1CC1. The van der Waals surface area contributed by atoms with E-state index in [9.17, 15) is 32.7 Å². The second-order valence-corrected chi connectivity index (χ2v) is 18.6. The van der Waals surface area contributed by atoms with Crippen molar-refractivity contribution in [3.8, 4) is 0 Å². The molecular formula is C33H55N5O7S. The lowest BCUT2D eigenvalue weighted by Gasteiger charge is -2.47. The number of rotatable bonds is 11. The average Bonchev–Trinajstić information content (AvgIpc) is 3.81. The zero-order chi connectivity index (χ0) is 33.8. The van der Waals surface area contributed by atoms with Crippen LogP contribution in [-0.4, -0.2) is 95.5 Å². The van der Waals surface area contributed by atoms with Crippen molar-refractivity contribution in [1.29, 1.82) is 0 Å². The van der Waals surface area contributed by atoms with E-state index < -0.39 is 68.1 Å². The minimum Gasteiger partial charge on any atom is -0.381 e. The molecule has 0 spiro atoms. The van der Waals surface area contributed by atoms with Crippen molar-refractivity contribution in [1.82, 2.24) is 26.2 Å². The van der Waals surface area contributed by atoms with E-state index in [1.165, 1.54) is 0 Å². The van der Waals surface area contributed by atoms with E-state index in [-0.39, 0.29) is 35.0 Å². The van der Waals surface area contributed by atoms with Gasteiger partial charge in [0.05, 0.1) is 22.6 Å². The van der Waals surface area contributed by atoms with Crippen LogP contribution in [-0.2, 0) is 24.2 Å². The maximum Gasteiger partial charge on any atom is 0.315 e. The van der Waals surface area contributed by atoms with E-state index in [4.69, 9.17) is 0 Å². The van der Waals surface area contributed by atoms with Crippen LogP contribution in [0.25, 0.3) is 0 Å². The molecule has 5 amide bonds. The highest BCUT2D eigenvalue weighted by Crippen LogP contribution is 2.65. The van der Waals surface area contributed by atoms with Crippen LogP contribution in [0.1, 0.15) is 106 Å². The van der Waals surface area contributed by atoms with Crippen molar-refractivity contribution in [2.45, 2.75) is 147 Å². The molecule has 12 nitrogen and oxygen atoms in total. The number of aliphatic hydroxyl groups is 1. The van der Waals surface area contributed by atoms with Gasteiger partial charge >= 0.3 is 6.03 Å². The highest BCUT2D eigenvalue weighted by atomic mass is 32.2. The topological polar surface area (TPSA) is 174 Å². The summed E-state index contributed by atoms with van der Waals surface area (Å²) in [6, 6.07) is -3.10. The van der Waals surface area contributed by atoms with Crippen molar-refractivity contribution >= 4 is 33.6 Å². The third-order valence-electron chi connectivity index (χ3n) is 11.5. The third kappa shape index (κ3) is 6.77. The van der Waals surface area contributed by atoms with E-state index in [1.54, 1.807) is 4.90 Å². The Hall–Kier alpha value is -2.41. The molecule has 0 radical (unpaired) electrons.